The zero-order valence-corrected chi connectivity index (χ0v) is 15.6. The van der Waals surface area contributed by atoms with Crippen LogP contribution in [0.3, 0.4) is 0 Å². The zero-order valence-electron chi connectivity index (χ0n) is 15.6. The molecule has 1 aromatic heterocycles. The number of benzene rings is 2. The Morgan fingerprint density at radius 3 is 2.71 bits per heavy atom. The van der Waals surface area contributed by atoms with E-state index in [0.29, 0.717) is 12.2 Å². The van der Waals surface area contributed by atoms with Gasteiger partial charge in [0, 0.05) is 17.9 Å². The summed E-state index contributed by atoms with van der Waals surface area (Å²) in [5.41, 5.74) is 9.13. The van der Waals surface area contributed by atoms with E-state index in [2.05, 4.69) is 33.3 Å². The molecule has 0 aliphatic carbocycles. The third kappa shape index (κ3) is 4.19. The highest BCUT2D eigenvalue weighted by atomic mass is 16.5. The summed E-state index contributed by atoms with van der Waals surface area (Å²) in [5, 5.41) is 2.98. The molecule has 1 amide bonds. The molecular weight excluding hydrogens is 352 g/mol. The molecule has 142 valence electrons. The summed E-state index contributed by atoms with van der Waals surface area (Å²) in [6.07, 6.45) is 4.06. The fourth-order valence-corrected chi connectivity index (χ4v) is 3.24. The first-order chi connectivity index (χ1) is 13.7. The Balaban J connectivity index is 1.38. The molecule has 1 aliphatic rings. The molecule has 0 radical (unpaired) electrons. The number of carbonyl (C=O) groups is 1. The Kier molecular flexibility index (Phi) is 5.32. The van der Waals surface area contributed by atoms with Crippen LogP contribution in [0.4, 0.5) is 5.69 Å². The number of nitrogens with zero attached hydrogens (tertiary/aromatic N) is 1. The SMILES string of the molecule is Cc1cc(NC(=O)C2CC(c3ccccc3)NN2)ccc1Oc1cccnc1. The van der Waals surface area contributed by atoms with E-state index in [4.69, 9.17) is 4.74 Å². The van der Waals surface area contributed by atoms with E-state index in [0.717, 1.165) is 22.6 Å². The third-order valence-electron chi connectivity index (χ3n) is 4.73. The Hall–Kier alpha value is -3.22. The molecule has 1 saturated heterocycles. The fourth-order valence-electron chi connectivity index (χ4n) is 3.24. The van der Waals surface area contributed by atoms with Crippen LogP contribution in [0.25, 0.3) is 0 Å². The van der Waals surface area contributed by atoms with Gasteiger partial charge in [0.05, 0.1) is 6.20 Å². The van der Waals surface area contributed by atoms with E-state index in [1.54, 1.807) is 12.4 Å². The highest BCUT2D eigenvalue weighted by molar-refractivity contribution is 5.95. The Bertz CT molecular complexity index is 947. The number of nitrogens with one attached hydrogen (secondary N) is 3. The highest BCUT2D eigenvalue weighted by Crippen LogP contribution is 2.27. The molecule has 28 heavy (non-hydrogen) atoms. The first-order valence-corrected chi connectivity index (χ1v) is 9.24. The van der Waals surface area contributed by atoms with Gasteiger partial charge in [0.25, 0.3) is 0 Å². The predicted octanol–water partition coefficient (Wildman–Crippen LogP) is 3.73. The minimum Gasteiger partial charge on any atom is -0.455 e. The Labute approximate surface area is 163 Å². The number of hydrogen-bond acceptors (Lipinski definition) is 5. The van der Waals surface area contributed by atoms with Gasteiger partial charge in [0.15, 0.2) is 0 Å². The van der Waals surface area contributed by atoms with E-state index in [1.165, 1.54) is 0 Å². The fraction of sp³-hybridized carbons (Fsp3) is 0.182. The molecule has 6 heteroatoms. The maximum atomic E-state index is 12.6. The van der Waals surface area contributed by atoms with Gasteiger partial charge in [0.1, 0.15) is 17.5 Å². The predicted molar refractivity (Wildman–Crippen MR) is 108 cm³/mol. The van der Waals surface area contributed by atoms with Crippen molar-refractivity contribution in [1.82, 2.24) is 15.8 Å². The highest BCUT2D eigenvalue weighted by Gasteiger charge is 2.30. The van der Waals surface area contributed by atoms with Crippen LogP contribution in [0.2, 0.25) is 0 Å². The van der Waals surface area contributed by atoms with Gasteiger partial charge in [-0.3, -0.25) is 9.78 Å². The van der Waals surface area contributed by atoms with Crippen LogP contribution < -0.4 is 20.9 Å². The number of aromatic nitrogens is 1. The van der Waals surface area contributed by atoms with Crippen molar-refractivity contribution in [3.63, 3.8) is 0 Å². The molecule has 0 saturated carbocycles. The number of hydrogen-bond donors (Lipinski definition) is 3. The van der Waals surface area contributed by atoms with Gasteiger partial charge in [-0.25, -0.2) is 10.9 Å². The van der Waals surface area contributed by atoms with Crippen molar-refractivity contribution < 1.29 is 9.53 Å². The van der Waals surface area contributed by atoms with Crippen molar-refractivity contribution in [3.05, 3.63) is 84.2 Å². The molecule has 2 heterocycles. The standard InChI is InChI=1S/C22H22N4O2/c1-15-12-17(9-10-21(15)28-18-8-5-11-23-14-18)24-22(27)20-13-19(25-26-20)16-6-3-2-4-7-16/h2-12,14,19-20,25-26H,13H2,1H3,(H,24,27). The number of carbonyl (C=O) groups excluding carboxylic acids is 1. The van der Waals surface area contributed by atoms with E-state index in [-0.39, 0.29) is 18.0 Å². The van der Waals surface area contributed by atoms with Crippen LogP contribution in [0.5, 0.6) is 11.5 Å². The van der Waals surface area contributed by atoms with Crippen LogP contribution in [0.15, 0.2) is 73.1 Å². The van der Waals surface area contributed by atoms with Crippen molar-refractivity contribution in [2.75, 3.05) is 5.32 Å². The van der Waals surface area contributed by atoms with Gasteiger partial charge in [-0.2, -0.15) is 0 Å². The van der Waals surface area contributed by atoms with E-state index < -0.39 is 0 Å². The van der Waals surface area contributed by atoms with Gasteiger partial charge < -0.3 is 10.1 Å². The first kappa shape index (κ1) is 18.2. The molecule has 1 fully saturated rings. The van der Waals surface area contributed by atoms with Gasteiger partial charge in [0.2, 0.25) is 5.91 Å². The molecule has 2 aromatic carbocycles. The van der Waals surface area contributed by atoms with Crippen LogP contribution in [0.1, 0.15) is 23.6 Å². The van der Waals surface area contributed by atoms with E-state index in [1.807, 2.05) is 55.5 Å². The van der Waals surface area contributed by atoms with Crippen molar-refractivity contribution in [2.45, 2.75) is 25.4 Å². The number of aryl methyl sites for hydroxylation is 1. The molecular formula is C22H22N4O2. The van der Waals surface area contributed by atoms with Crippen LogP contribution in [-0.2, 0) is 4.79 Å². The second-order valence-electron chi connectivity index (χ2n) is 6.80. The molecule has 0 spiro atoms. The summed E-state index contributed by atoms with van der Waals surface area (Å²) in [6.45, 7) is 1.95. The quantitative estimate of drug-likeness (QED) is 0.634. The van der Waals surface area contributed by atoms with Crippen molar-refractivity contribution >= 4 is 11.6 Å². The summed E-state index contributed by atoms with van der Waals surface area (Å²) >= 11 is 0. The number of rotatable bonds is 5. The molecule has 1 aliphatic heterocycles. The van der Waals surface area contributed by atoms with Gasteiger partial charge in [-0.05, 0) is 54.8 Å². The molecule has 4 rings (SSSR count). The lowest BCUT2D eigenvalue weighted by molar-refractivity contribution is -0.117. The van der Waals surface area contributed by atoms with Crippen molar-refractivity contribution in [3.8, 4) is 11.5 Å². The van der Waals surface area contributed by atoms with Crippen LogP contribution >= 0.6 is 0 Å². The number of pyridine rings is 1. The summed E-state index contributed by atoms with van der Waals surface area (Å²) in [6, 6.07) is 19.2. The molecule has 2 atom stereocenters. The number of hydrazine groups is 1. The topological polar surface area (TPSA) is 75.3 Å². The Morgan fingerprint density at radius 2 is 1.96 bits per heavy atom. The van der Waals surface area contributed by atoms with Gasteiger partial charge in [-0.15, -0.1) is 0 Å². The monoisotopic (exact) mass is 374 g/mol. The maximum absolute atomic E-state index is 12.6. The summed E-state index contributed by atoms with van der Waals surface area (Å²) in [7, 11) is 0. The second kappa shape index (κ2) is 8.21. The lowest BCUT2D eigenvalue weighted by Gasteiger charge is -2.13. The number of ether oxygens (including phenoxy) is 1. The summed E-state index contributed by atoms with van der Waals surface area (Å²) in [4.78, 5) is 16.7. The number of amides is 1. The number of anilines is 1. The zero-order chi connectivity index (χ0) is 19.3. The van der Waals surface area contributed by atoms with Gasteiger partial charge >= 0.3 is 0 Å². The molecule has 2 unspecified atom stereocenters. The summed E-state index contributed by atoms with van der Waals surface area (Å²) < 4.78 is 5.83. The Morgan fingerprint density at radius 1 is 1.11 bits per heavy atom. The first-order valence-electron chi connectivity index (χ1n) is 9.24. The van der Waals surface area contributed by atoms with Crippen LogP contribution in [0, 0.1) is 6.92 Å². The average Bonchev–Trinajstić information content (AvgIpc) is 3.22. The smallest absolute Gasteiger partial charge is 0.242 e. The summed E-state index contributed by atoms with van der Waals surface area (Å²) in [5.74, 6) is 1.35. The maximum Gasteiger partial charge on any atom is 0.242 e. The minimum atomic E-state index is -0.295. The molecule has 6 nitrogen and oxygen atoms in total. The van der Waals surface area contributed by atoms with Crippen molar-refractivity contribution in [2.24, 2.45) is 0 Å². The minimum absolute atomic E-state index is 0.0636. The molecule has 0 bridgehead atoms. The van der Waals surface area contributed by atoms with Crippen LogP contribution in [-0.4, -0.2) is 16.9 Å². The van der Waals surface area contributed by atoms with Gasteiger partial charge in [-0.1, -0.05) is 30.3 Å². The second-order valence-corrected chi connectivity index (χ2v) is 6.80. The molecule has 3 aromatic rings. The largest absolute Gasteiger partial charge is 0.455 e. The molecule has 3 N–H and O–H groups in total. The average molecular weight is 374 g/mol. The lowest BCUT2D eigenvalue weighted by atomic mass is 10.0. The van der Waals surface area contributed by atoms with Crippen molar-refractivity contribution in [1.29, 1.82) is 0 Å². The normalized spacial score (nSPS) is 18.6. The lowest BCUT2D eigenvalue weighted by Crippen LogP contribution is -2.39. The van der Waals surface area contributed by atoms with E-state index >= 15 is 0 Å². The van der Waals surface area contributed by atoms with E-state index in [9.17, 15) is 4.79 Å². The third-order valence-corrected chi connectivity index (χ3v) is 4.73.